The van der Waals surface area contributed by atoms with Crippen molar-refractivity contribution < 1.29 is 0 Å². The Morgan fingerprint density at radius 3 is 1.56 bits per heavy atom. The number of hydrogen-bond acceptors (Lipinski definition) is 1. The molecular weight excluding hydrogens is 821 g/mol. The minimum Gasteiger partial charge on any atom is -0.310 e. The predicted octanol–water partition coefficient (Wildman–Crippen LogP) is 18.4. The first-order valence-electron chi connectivity index (χ1n) is 23.4. The molecule has 318 valence electrons. The molecule has 0 fully saturated rings. The normalized spacial score (nSPS) is 11.5. The maximum atomic E-state index is 2.43. The molecule has 12 aromatic carbocycles. The number of rotatable bonds is 8. The summed E-state index contributed by atoms with van der Waals surface area (Å²) in [7, 11) is 0. The van der Waals surface area contributed by atoms with Crippen LogP contribution in [0.25, 0.3) is 104 Å². The average Bonchev–Trinajstić information content (AvgIpc) is 3.75. The van der Waals surface area contributed by atoms with Crippen molar-refractivity contribution in [2.45, 2.75) is 0 Å². The third-order valence-electron chi connectivity index (χ3n) is 13.7. The van der Waals surface area contributed by atoms with Gasteiger partial charge in [-0.15, -0.1) is 0 Å². The van der Waals surface area contributed by atoms with Crippen molar-refractivity contribution in [3.63, 3.8) is 0 Å². The molecule has 0 aliphatic rings. The van der Waals surface area contributed by atoms with Crippen molar-refractivity contribution in [1.29, 1.82) is 0 Å². The highest BCUT2D eigenvalue weighted by atomic mass is 15.1. The second-order valence-corrected chi connectivity index (χ2v) is 17.6. The van der Waals surface area contributed by atoms with Crippen LogP contribution >= 0.6 is 0 Å². The third-order valence-corrected chi connectivity index (χ3v) is 13.7. The number of aromatic nitrogens is 1. The van der Waals surface area contributed by atoms with E-state index in [2.05, 4.69) is 276 Å². The number of fused-ring (bicyclic) bond motifs is 7. The van der Waals surface area contributed by atoms with Crippen molar-refractivity contribution >= 4 is 71.2 Å². The van der Waals surface area contributed by atoms with Crippen LogP contribution in [0, 0.1) is 0 Å². The van der Waals surface area contributed by atoms with E-state index in [1.807, 2.05) is 0 Å². The standard InChI is InChI=1S/C66H44N2/c1-4-19-47(20-5-1)55-26-14-16-30-62(55)67(54-39-41-64-60(44-54)58-28-15-17-31-63(58)68(64)53-38-34-45-18-10-11-25-50(45)42-53)52-36-32-46(33-37-52)51-35-40-57-56-27-12-13-29-59(56)65(48-21-6-2-7-22-48)66(61(57)43-51)49-23-8-3-9-24-49/h1-44H. The average molecular weight is 865 g/mol. The van der Waals surface area contributed by atoms with E-state index in [4.69, 9.17) is 0 Å². The maximum Gasteiger partial charge on any atom is 0.0542 e. The van der Waals surface area contributed by atoms with Crippen molar-refractivity contribution in [3.05, 3.63) is 267 Å². The van der Waals surface area contributed by atoms with Crippen molar-refractivity contribution in [1.82, 2.24) is 4.57 Å². The summed E-state index contributed by atoms with van der Waals surface area (Å²) in [6.45, 7) is 0. The lowest BCUT2D eigenvalue weighted by molar-refractivity contribution is 1.18. The summed E-state index contributed by atoms with van der Waals surface area (Å²) in [6.07, 6.45) is 0. The van der Waals surface area contributed by atoms with Crippen LogP contribution in [0.1, 0.15) is 0 Å². The molecule has 1 heterocycles. The highest BCUT2D eigenvalue weighted by Crippen LogP contribution is 2.47. The molecule has 0 bridgehead atoms. The Morgan fingerprint density at radius 2 is 0.809 bits per heavy atom. The van der Waals surface area contributed by atoms with Gasteiger partial charge < -0.3 is 9.47 Å². The van der Waals surface area contributed by atoms with Crippen molar-refractivity contribution in [2.24, 2.45) is 0 Å². The Bertz CT molecular complexity index is 4000. The number of benzene rings is 12. The second kappa shape index (κ2) is 16.5. The van der Waals surface area contributed by atoms with Crippen LogP contribution in [0.4, 0.5) is 17.1 Å². The first kappa shape index (κ1) is 39.4. The molecule has 0 aliphatic carbocycles. The van der Waals surface area contributed by atoms with Crippen LogP contribution in [0.15, 0.2) is 267 Å². The Labute approximate surface area is 395 Å². The lowest BCUT2D eigenvalue weighted by Crippen LogP contribution is -2.11. The SMILES string of the molecule is c1ccc(-c2ccccc2N(c2ccc(-c3ccc4c(c3)c(-c3ccccc3)c(-c3ccccc3)c3ccccc34)cc2)c2ccc3c(c2)c2ccccc2n3-c2ccc3ccccc3c2)cc1. The van der Waals surface area contributed by atoms with E-state index < -0.39 is 0 Å². The molecule has 0 N–H and O–H groups in total. The van der Waals surface area contributed by atoms with Gasteiger partial charge in [0.05, 0.1) is 16.7 Å². The van der Waals surface area contributed by atoms with Crippen molar-refractivity contribution in [3.8, 4) is 50.2 Å². The smallest absolute Gasteiger partial charge is 0.0542 e. The molecule has 0 spiro atoms. The summed E-state index contributed by atoms with van der Waals surface area (Å²) >= 11 is 0. The molecule has 0 saturated carbocycles. The molecule has 0 unspecified atom stereocenters. The van der Waals surface area contributed by atoms with Crippen LogP contribution in [0.5, 0.6) is 0 Å². The number of hydrogen-bond donors (Lipinski definition) is 0. The van der Waals surface area contributed by atoms with E-state index in [0.717, 1.165) is 28.3 Å². The molecule has 68 heavy (non-hydrogen) atoms. The number of anilines is 3. The van der Waals surface area contributed by atoms with Gasteiger partial charge in [0.25, 0.3) is 0 Å². The monoisotopic (exact) mass is 864 g/mol. The molecule has 1 aromatic heterocycles. The Morgan fingerprint density at radius 1 is 0.265 bits per heavy atom. The van der Waals surface area contributed by atoms with E-state index in [1.165, 1.54) is 93.1 Å². The highest BCUT2D eigenvalue weighted by Gasteiger charge is 2.22. The minimum atomic E-state index is 1.08. The van der Waals surface area contributed by atoms with Crippen LogP contribution in [0.3, 0.4) is 0 Å². The fraction of sp³-hybridized carbons (Fsp3) is 0. The van der Waals surface area contributed by atoms with Crippen LogP contribution in [-0.2, 0) is 0 Å². The number of nitrogens with zero attached hydrogens (tertiary/aromatic N) is 2. The third kappa shape index (κ3) is 6.65. The first-order chi connectivity index (χ1) is 33.7. The lowest BCUT2D eigenvalue weighted by atomic mass is 9.84. The highest BCUT2D eigenvalue weighted by molar-refractivity contribution is 6.22. The zero-order valence-electron chi connectivity index (χ0n) is 37.3. The van der Waals surface area contributed by atoms with Crippen LogP contribution < -0.4 is 4.90 Å². The molecule has 0 radical (unpaired) electrons. The summed E-state index contributed by atoms with van der Waals surface area (Å²) in [5.74, 6) is 0. The van der Waals surface area contributed by atoms with E-state index in [-0.39, 0.29) is 0 Å². The largest absolute Gasteiger partial charge is 0.310 e. The van der Waals surface area contributed by atoms with Gasteiger partial charge in [-0.3, -0.25) is 0 Å². The maximum absolute atomic E-state index is 2.43. The van der Waals surface area contributed by atoms with Gasteiger partial charge in [0.15, 0.2) is 0 Å². The molecule has 2 heteroatoms. The summed E-state index contributed by atoms with van der Waals surface area (Å²) < 4.78 is 2.41. The Balaban J connectivity index is 0.986. The molecule has 13 aromatic rings. The first-order valence-corrected chi connectivity index (χ1v) is 23.4. The topological polar surface area (TPSA) is 8.17 Å². The van der Waals surface area contributed by atoms with Gasteiger partial charge >= 0.3 is 0 Å². The molecule has 0 aliphatic heterocycles. The number of para-hydroxylation sites is 2. The fourth-order valence-electron chi connectivity index (χ4n) is 10.6. The molecule has 2 nitrogen and oxygen atoms in total. The summed E-state index contributed by atoms with van der Waals surface area (Å²) in [6, 6.07) is 97.5. The zero-order valence-corrected chi connectivity index (χ0v) is 37.3. The van der Waals surface area contributed by atoms with Gasteiger partial charge in [0.1, 0.15) is 0 Å². The Kier molecular flexibility index (Phi) is 9.54. The summed E-state index contributed by atoms with van der Waals surface area (Å²) in [4.78, 5) is 2.43. The van der Waals surface area contributed by atoms with E-state index in [1.54, 1.807) is 0 Å². The van der Waals surface area contributed by atoms with Gasteiger partial charge in [0.2, 0.25) is 0 Å². The van der Waals surface area contributed by atoms with Gasteiger partial charge in [-0.2, -0.15) is 0 Å². The van der Waals surface area contributed by atoms with Gasteiger partial charge in [-0.05, 0) is 132 Å². The summed E-state index contributed by atoms with van der Waals surface area (Å²) in [5, 5.41) is 9.90. The fourth-order valence-corrected chi connectivity index (χ4v) is 10.6. The zero-order chi connectivity index (χ0) is 45.0. The van der Waals surface area contributed by atoms with Crippen LogP contribution in [0.2, 0.25) is 0 Å². The van der Waals surface area contributed by atoms with Gasteiger partial charge in [-0.1, -0.05) is 206 Å². The molecule has 0 saturated heterocycles. The lowest BCUT2D eigenvalue weighted by Gasteiger charge is -2.28. The second-order valence-electron chi connectivity index (χ2n) is 17.6. The minimum absolute atomic E-state index is 1.08. The molecule has 0 atom stereocenters. The van der Waals surface area contributed by atoms with Crippen molar-refractivity contribution in [2.75, 3.05) is 4.90 Å². The van der Waals surface area contributed by atoms with E-state index in [0.29, 0.717) is 0 Å². The van der Waals surface area contributed by atoms with Gasteiger partial charge in [-0.25, -0.2) is 0 Å². The van der Waals surface area contributed by atoms with E-state index in [9.17, 15) is 0 Å². The molecule has 13 rings (SSSR count). The quantitative estimate of drug-likeness (QED) is 0.138. The van der Waals surface area contributed by atoms with Crippen LogP contribution in [-0.4, -0.2) is 4.57 Å². The van der Waals surface area contributed by atoms with Gasteiger partial charge in [0, 0.05) is 33.4 Å². The molecule has 0 amide bonds. The predicted molar refractivity (Wildman–Crippen MR) is 290 cm³/mol. The van der Waals surface area contributed by atoms with E-state index >= 15 is 0 Å². The summed E-state index contributed by atoms with van der Waals surface area (Å²) in [5.41, 5.74) is 16.4. The molecular formula is C66H44N2. The Hall–Kier alpha value is -8.98.